The molecular formula is C17H18N2O3S. The van der Waals surface area contributed by atoms with Crippen molar-refractivity contribution in [1.82, 2.24) is 5.16 Å². The van der Waals surface area contributed by atoms with Crippen LogP contribution in [-0.4, -0.2) is 13.6 Å². The lowest BCUT2D eigenvalue weighted by molar-refractivity contribution is 0.397. The predicted octanol–water partition coefficient (Wildman–Crippen LogP) is 3.19. The summed E-state index contributed by atoms with van der Waals surface area (Å²) < 4.78 is 27.4. The molecule has 120 valence electrons. The number of hydrogen-bond donors (Lipinski definition) is 1. The van der Waals surface area contributed by atoms with Gasteiger partial charge in [-0.3, -0.25) is 0 Å². The van der Waals surface area contributed by atoms with Gasteiger partial charge in [-0.1, -0.05) is 59.8 Å². The first-order valence-corrected chi connectivity index (χ1v) is 8.56. The highest BCUT2D eigenvalue weighted by atomic mass is 32.2. The van der Waals surface area contributed by atoms with Crippen molar-refractivity contribution in [2.24, 2.45) is 5.14 Å². The van der Waals surface area contributed by atoms with Crippen LogP contribution in [0.2, 0.25) is 0 Å². The van der Waals surface area contributed by atoms with Crippen LogP contribution in [0.25, 0.3) is 5.57 Å². The average molecular weight is 330 g/mol. The van der Waals surface area contributed by atoms with Crippen LogP contribution in [0.1, 0.15) is 17.7 Å². The van der Waals surface area contributed by atoms with E-state index in [2.05, 4.69) is 5.16 Å². The molecule has 3 rings (SSSR count). The molecule has 0 fully saturated rings. The Hall–Kier alpha value is -2.44. The van der Waals surface area contributed by atoms with Gasteiger partial charge in [0.15, 0.2) is 0 Å². The van der Waals surface area contributed by atoms with Crippen molar-refractivity contribution in [3.63, 3.8) is 0 Å². The van der Waals surface area contributed by atoms with E-state index in [0.717, 1.165) is 11.1 Å². The second-order valence-corrected chi connectivity index (χ2v) is 6.39. The van der Waals surface area contributed by atoms with Gasteiger partial charge in [-0.2, -0.15) is 0 Å². The molecule has 1 aliphatic carbocycles. The van der Waals surface area contributed by atoms with Crippen LogP contribution < -0.4 is 5.14 Å². The van der Waals surface area contributed by atoms with Crippen molar-refractivity contribution in [2.75, 3.05) is 0 Å². The lowest BCUT2D eigenvalue weighted by Gasteiger charge is -1.97. The first-order valence-electron chi connectivity index (χ1n) is 7.01. The van der Waals surface area contributed by atoms with Gasteiger partial charge in [0.1, 0.15) is 5.76 Å². The Kier molecular flexibility index (Phi) is 5.67. The molecular weight excluding hydrogens is 312 g/mol. The molecule has 5 nitrogen and oxygen atoms in total. The van der Waals surface area contributed by atoms with Gasteiger partial charge in [0.2, 0.25) is 10.0 Å². The smallest absolute Gasteiger partial charge is 0.237 e. The van der Waals surface area contributed by atoms with E-state index in [1.807, 2.05) is 42.5 Å². The molecule has 1 aliphatic rings. The first-order chi connectivity index (χ1) is 11.0. The van der Waals surface area contributed by atoms with Gasteiger partial charge < -0.3 is 4.52 Å². The summed E-state index contributed by atoms with van der Waals surface area (Å²) in [6.45, 7) is 1.80. The van der Waals surface area contributed by atoms with E-state index in [0.29, 0.717) is 12.2 Å². The summed E-state index contributed by atoms with van der Waals surface area (Å²) in [5.74, 6) is 0.694. The van der Waals surface area contributed by atoms with E-state index in [-0.39, 0.29) is 4.91 Å². The number of nitrogens with two attached hydrogens (primary N) is 1. The molecule has 0 spiro atoms. The molecule has 23 heavy (non-hydrogen) atoms. The lowest BCUT2D eigenvalue weighted by Crippen LogP contribution is -2.13. The summed E-state index contributed by atoms with van der Waals surface area (Å²) in [7, 11) is -3.65. The van der Waals surface area contributed by atoms with Crippen molar-refractivity contribution in [1.29, 1.82) is 0 Å². The molecule has 2 aromatic rings. The van der Waals surface area contributed by atoms with E-state index >= 15 is 0 Å². The summed E-state index contributed by atoms with van der Waals surface area (Å²) >= 11 is 0. The van der Waals surface area contributed by atoms with Crippen LogP contribution in [0.4, 0.5) is 0 Å². The summed E-state index contributed by atoms with van der Waals surface area (Å²) in [6, 6.07) is 12.0. The number of nitrogens with zero attached hydrogens (tertiary/aromatic N) is 1. The number of primary sulfonamides is 1. The van der Waals surface area contributed by atoms with Crippen molar-refractivity contribution >= 4 is 15.6 Å². The number of hydrogen-bond acceptors (Lipinski definition) is 4. The van der Waals surface area contributed by atoms with Crippen LogP contribution in [-0.2, 0) is 10.0 Å². The third-order valence-corrected chi connectivity index (χ3v) is 4.10. The second kappa shape index (κ2) is 7.71. The van der Waals surface area contributed by atoms with Gasteiger partial charge in [-0.05, 0) is 25.0 Å². The number of sulfonamides is 1. The Morgan fingerprint density at radius 3 is 2.13 bits per heavy atom. The number of benzene rings is 1. The molecule has 0 aliphatic heterocycles. The summed E-state index contributed by atoms with van der Waals surface area (Å²) in [4.78, 5) is 0.123. The fourth-order valence-electron chi connectivity index (χ4n) is 1.98. The standard InChI is InChI=1S/C11H12N2O3S.C6H6/c1-8-11(7-13-16-8)9-3-2-4-10(6-5-9)17(12,14)15;1-2-4-6-5-3-1/h3-7H,2H2,1H3,(H2,12,14,15);1-6H. The monoisotopic (exact) mass is 330 g/mol. The fourth-order valence-corrected chi connectivity index (χ4v) is 2.57. The topological polar surface area (TPSA) is 86.2 Å². The van der Waals surface area contributed by atoms with E-state index in [4.69, 9.17) is 9.66 Å². The zero-order valence-corrected chi connectivity index (χ0v) is 13.5. The average Bonchev–Trinajstić information content (AvgIpc) is 2.81. The van der Waals surface area contributed by atoms with Gasteiger partial charge in [0, 0.05) is 5.56 Å². The van der Waals surface area contributed by atoms with Crippen molar-refractivity contribution in [3.8, 4) is 0 Å². The molecule has 0 saturated heterocycles. The third-order valence-electron chi connectivity index (χ3n) is 3.14. The van der Waals surface area contributed by atoms with Crippen molar-refractivity contribution in [3.05, 3.63) is 83.1 Å². The van der Waals surface area contributed by atoms with Crippen LogP contribution in [0.3, 0.4) is 0 Å². The quantitative estimate of drug-likeness (QED) is 0.916. The maximum Gasteiger partial charge on any atom is 0.237 e. The van der Waals surface area contributed by atoms with Crippen molar-refractivity contribution in [2.45, 2.75) is 13.3 Å². The van der Waals surface area contributed by atoms with E-state index < -0.39 is 10.0 Å². The largest absolute Gasteiger partial charge is 0.361 e. The highest BCUT2D eigenvalue weighted by Crippen LogP contribution is 2.24. The summed E-state index contributed by atoms with van der Waals surface area (Å²) in [6.07, 6.45) is 8.76. The molecule has 0 radical (unpaired) electrons. The van der Waals surface area contributed by atoms with Crippen LogP contribution in [0.5, 0.6) is 0 Å². The third kappa shape index (κ3) is 5.05. The fraction of sp³-hybridized carbons (Fsp3) is 0.118. The predicted molar refractivity (Wildman–Crippen MR) is 90.6 cm³/mol. The minimum Gasteiger partial charge on any atom is -0.361 e. The first kappa shape index (κ1) is 16.9. The molecule has 0 unspecified atom stereocenters. The Bertz CT molecular complexity index is 805. The Morgan fingerprint density at radius 1 is 1.04 bits per heavy atom. The van der Waals surface area contributed by atoms with E-state index in [1.54, 1.807) is 25.3 Å². The molecule has 0 bridgehead atoms. The summed E-state index contributed by atoms with van der Waals surface area (Å²) in [5.41, 5.74) is 1.73. The molecule has 1 heterocycles. The van der Waals surface area contributed by atoms with Gasteiger partial charge in [-0.15, -0.1) is 0 Å². The Balaban J connectivity index is 0.000000268. The van der Waals surface area contributed by atoms with E-state index in [9.17, 15) is 8.42 Å². The zero-order chi connectivity index (χ0) is 16.7. The van der Waals surface area contributed by atoms with Crippen LogP contribution in [0, 0.1) is 6.92 Å². The molecule has 6 heteroatoms. The molecule has 1 aromatic heterocycles. The highest BCUT2D eigenvalue weighted by Gasteiger charge is 2.12. The molecule has 2 N–H and O–H groups in total. The Labute approximate surface area is 135 Å². The number of aryl methyl sites for hydroxylation is 1. The maximum absolute atomic E-state index is 11.2. The number of allylic oxidation sites excluding steroid dienone is 5. The van der Waals surface area contributed by atoms with Gasteiger partial charge in [0.25, 0.3) is 0 Å². The Morgan fingerprint density at radius 2 is 1.65 bits per heavy atom. The normalized spacial score (nSPS) is 14.2. The highest BCUT2D eigenvalue weighted by molar-refractivity contribution is 7.93. The minimum atomic E-state index is -3.65. The molecule has 0 amide bonds. The summed E-state index contributed by atoms with van der Waals surface area (Å²) in [5, 5.41) is 8.76. The van der Waals surface area contributed by atoms with Crippen LogP contribution in [0.15, 0.2) is 76.3 Å². The number of aromatic nitrogens is 1. The SMILES string of the molecule is Cc1oncc1C1=CCC=C(S(N)(=O)=O)C=C1.c1ccccc1. The van der Waals surface area contributed by atoms with E-state index in [1.165, 1.54) is 6.08 Å². The molecule has 1 aromatic carbocycles. The minimum absolute atomic E-state index is 0.123. The van der Waals surface area contributed by atoms with Crippen molar-refractivity contribution < 1.29 is 12.9 Å². The lowest BCUT2D eigenvalue weighted by atomic mass is 10.1. The van der Waals surface area contributed by atoms with Gasteiger partial charge in [0.05, 0.1) is 11.1 Å². The molecule has 0 saturated carbocycles. The van der Waals surface area contributed by atoms with Gasteiger partial charge >= 0.3 is 0 Å². The number of rotatable bonds is 2. The van der Waals surface area contributed by atoms with Crippen LogP contribution >= 0.6 is 0 Å². The second-order valence-electron chi connectivity index (χ2n) is 4.83. The zero-order valence-electron chi connectivity index (χ0n) is 12.7. The maximum atomic E-state index is 11.2. The molecule has 0 atom stereocenters. The van der Waals surface area contributed by atoms with Gasteiger partial charge in [-0.25, -0.2) is 13.6 Å².